The highest BCUT2D eigenvalue weighted by molar-refractivity contribution is 5.99. The Morgan fingerprint density at radius 1 is 0.966 bits per heavy atom. The summed E-state index contributed by atoms with van der Waals surface area (Å²) in [5.74, 6) is -1.06. The van der Waals surface area contributed by atoms with Gasteiger partial charge < -0.3 is 14.5 Å². The number of carbonyl (C=O) groups is 2. The van der Waals surface area contributed by atoms with Gasteiger partial charge in [0.15, 0.2) is 11.8 Å². The highest BCUT2D eigenvalue weighted by Gasteiger charge is 2.21. The first-order valence-electron chi connectivity index (χ1n) is 9.22. The summed E-state index contributed by atoms with van der Waals surface area (Å²) in [6.45, 7) is 1.54. The summed E-state index contributed by atoms with van der Waals surface area (Å²) < 4.78 is 7.04. The average molecular weight is 385 g/mol. The lowest BCUT2D eigenvalue weighted by molar-refractivity contribution is -0.123. The SMILES string of the molecule is C[C@@H](OC(=O)c1cn2ccccc2n1)C(=O)Nc1ccccc1-c1ccccc1. The number of hydrogen-bond acceptors (Lipinski definition) is 4. The fourth-order valence-corrected chi connectivity index (χ4v) is 3.00. The van der Waals surface area contributed by atoms with Crippen LogP contribution in [0.25, 0.3) is 16.8 Å². The Morgan fingerprint density at radius 3 is 2.48 bits per heavy atom. The lowest BCUT2D eigenvalue weighted by atomic mass is 10.0. The number of benzene rings is 2. The molecule has 1 amide bonds. The van der Waals surface area contributed by atoms with Crippen molar-refractivity contribution in [2.45, 2.75) is 13.0 Å². The molecule has 0 saturated carbocycles. The second kappa shape index (κ2) is 7.98. The second-order valence-electron chi connectivity index (χ2n) is 6.54. The third-order valence-electron chi connectivity index (χ3n) is 4.50. The van der Waals surface area contributed by atoms with Crippen molar-refractivity contribution < 1.29 is 14.3 Å². The van der Waals surface area contributed by atoms with Crippen molar-refractivity contribution in [3.05, 3.63) is 90.9 Å². The van der Waals surface area contributed by atoms with E-state index in [-0.39, 0.29) is 5.69 Å². The number of nitrogens with one attached hydrogen (secondary N) is 1. The summed E-state index contributed by atoms with van der Waals surface area (Å²) in [7, 11) is 0. The van der Waals surface area contributed by atoms with Gasteiger partial charge in [0, 0.05) is 23.6 Å². The van der Waals surface area contributed by atoms with E-state index in [2.05, 4.69) is 10.3 Å². The standard InChI is InChI=1S/C23H19N3O3/c1-16(29-23(28)20-15-26-14-8-7-13-21(26)24-20)22(27)25-19-12-6-5-11-18(19)17-9-3-2-4-10-17/h2-16H,1H3,(H,25,27)/t16-/m1/s1. The van der Waals surface area contributed by atoms with Crippen molar-refractivity contribution in [3.8, 4) is 11.1 Å². The Kier molecular flexibility index (Phi) is 5.07. The van der Waals surface area contributed by atoms with Crippen LogP contribution in [0, 0.1) is 0 Å². The van der Waals surface area contributed by atoms with Gasteiger partial charge in [-0.05, 0) is 30.7 Å². The quantitative estimate of drug-likeness (QED) is 0.523. The minimum absolute atomic E-state index is 0.153. The number of fused-ring (bicyclic) bond motifs is 1. The molecule has 144 valence electrons. The molecule has 0 bridgehead atoms. The number of hydrogen-bond donors (Lipinski definition) is 1. The van der Waals surface area contributed by atoms with Gasteiger partial charge in [-0.2, -0.15) is 0 Å². The van der Waals surface area contributed by atoms with E-state index in [1.54, 1.807) is 22.9 Å². The van der Waals surface area contributed by atoms with Crippen molar-refractivity contribution in [1.29, 1.82) is 0 Å². The summed E-state index contributed by atoms with van der Waals surface area (Å²) in [4.78, 5) is 29.2. The topological polar surface area (TPSA) is 72.7 Å². The van der Waals surface area contributed by atoms with Crippen LogP contribution in [0.2, 0.25) is 0 Å². The van der Waals surface area contributed by atoms with Crippen LogP contribution >= 0.6 is 0 Å². The minimum Gasteiger partial charge on any atom is -0.448 e. The van der Waals surface area contributed by atoms with Crippen LogP contribution in [0.15, 0.2) is 85.2 Å². The van der Waals surface area contributed by atoms with Crippen LogP contribution in [0.1, 0.15) is 17.4 Å². The van der Waals surface area contributed by atoms with Crippen molar-refractivity contribution in [2.24, 2.45) is 0 Å². The predicted octanol–water partition coefficient (Wildman–Crippen LogP) is 4.19. The zero-order valence-electron chi connectivity index (χ0n) is 15.8. The number of pyridine rings is 1. The smallest absolute Gasteiger partial charge is 0.359 e. The Balaban J connectivity index is 1.47. The maximum absolute atomic E-state index is 12.6. The molecule has 1 atom stereocenters. The lowest BCUT2D eigenvalue weighted by Crippen LogP contribution is -2.30. The van der Waals surface area contributed by atoms with Crippen LogP contribution in [-0.2, 0) is 9.53 Å². The maximum atomic E-state index is 12.6. The van der Waals surface area contributed by atoms with E-state index in [9.17, 15) is 9.59 Å². The van der Waals surface area contributed by atoms with Gasteiger partial charge in [-0.15, -0.1) is 0 Å². The molecule has 2 aromatic carbocycles. The molecule has 1 N–H and O–H groups in total. The van der Waals surface area contributed by atoms with Gasteiger partial charge in [0.25, 0.3) is 5.91 Å². The van der Waals surface area contributed by atoms with Gasteiger partial charge in [-0.25, -0.2) is 9.78 Å². The summed E-state index contributed by atoms with van der Waals surface area (Å²) in [6.07, 6.45) is 2.39. The first-order chi connectivity index (χ1) is 14.1. The molecular formula is C23H19N3O3. The number of rotatable bonds is 5. The Hall–Kier alpha value is -3.93. The summed E-state index contributed by atoms with van der Waals surface area (Å²) in [5, 5.41) is 2.85. The molecule has 0 radical (unpaired) electrons. The molecule has 29 heavy (non-hydrogen) atoms. The number of nitrogens with zero attached hydrogens (tertiary/aromatic N) is 2. The van der Waals surface area contributed by atoms with Gasteiger partial charge in [0.1, 0.15) is 5.65 Å². The van der Waals surface area contributed by atoms with Gasteiger partial charge in [0.05, 0.1) is 0 Å². The van der Waals surface area contributed by atoms with Gasteiger partial charge >= 0.3 is 5.97 Å². The molecule has 0 spiro atoms. The van der Waals surface area contributed by atoms with Crippen molar-refractivity contribution in [3.63, 3.8) is 0 Å². The fraction of sp³-hybridized carbons (Fsp3) is 0.0870. The number of anilines is 1. The first kappa shape index (κ1) is 18.4. The van der Waals surface area contributed by atoms with Gasteiger partial charge in [0.2, 0.25) is 0 Å². The number of aromatic nitrogens is 2. The molecular weight excluding hydrogens is 366 g/mol. The second-order valence-corrected chi connectivity index (χ2v) is 6.54. The highest BCUT2D eigenvalue weighted by atomic mass is 16.5. The molecule has 4 rings (SSSR count). The summed E-state index contributed by atoms with van der Waals surface area (Å²) in [6, 6.07) is 22.7. The molecule has 4 aromatic rings. The molecule has 0 aliphatic heterocycles. The van der Waals surface area contributed by atoms with Crippen molar-refractivity contribution in [2.75, 3.05) is 5.32 Å². The molecule has 0 saturated heterocycles. The van der Waals surface area contributed by atoms with E-state index >= 15 is 0 Å². The average Bonchev–Trinajstić information content (AvgIpc) is 3.19. The van der Waals surface area contributed by atoms with Crippen molar-refractivity contribution >= 4 is 23.2 Å². The van der Waals surface area contributed by atoms with Gasteiger partial charge in [-0.3, -0.25) is 4.79 Å². The van der Waals surface area contributed by atoms with Gasteiger partial charge in [-0.1, -0.05) is 54.6 Å². The van der Waals surface area contributed by atoms with E-state index in [1.807, 2.05) is 66.7 Å². The number of imidazole rings is 1. The lowest BCUT2D eigenvalue weighted by Gasteiger charge is -2.15. The van der Waals surface area contributed by atoms with E-state index in [1.165, 1.54) is 6.92 Å². The number of esters is 1. The maximum Gasteiger partial charge on any atom is 0.359 e. The Morgan fingerprint density at radius 2 is 1.69 bits per heavy atom. The van der Waals surface area contributed by atoms with Crippen LogP contribution in [0.4, 0.5) is 5.69 Å². The zero-order chi connectivity index (χ0) is 20.2. The van der Waals surface area contributed by atoms with E-state index in [0.717, 1.165) is 11.1 Å². The minimum atomic E-state index is -0.976. The summed E-state index contributed by atoms with van der Waals surface area (Å²) >= 11 is 0. The van der Waals surface area contributed by atoms with Crippen LogP contribution < -0.4 is 5.32 Å². The molecule has 2 heterocycles. The van der Waals surface area contributed by atoms with E-state index < -0.39 is 18.0 Å². The molecule has 0 fully saturated rings. The Labute approximate surface area is 167 Å². The van der Waals surface area contributed by atoms with Crippen LogP contribution in [0.5, 0.6) is 0 Å². The molecule has 0 aliphatic rings. The van der Waals surface area contributed by atoms with E-state index in [0.29, 0.717) is 11.3 Å². The monoisotopic (exact) mass is 385 g/mol. The van der Waals surface area contributed by atoms with Crippen molar-refractivity contribution in [1.82, 2.24) is 9.38 Å². The fourth-order valence-electron chi connectivity index (χ4n) is 3.00. The molecule has 0 unspecified atom stereocenters. The number of carbonyl (C=O) groups excluding carboxylic acids is 2. The normalized spacial score (nSPS) is 11.8. The number of amides is 1. The molecule has 6 heteroatoms. The van der Waals surface area contributed by atoms with E-state index in [4.69, 9.17) is 4.74 Å². The molecule has 6 nitrogen and oxygen atoms in total. The number of ether oxygens (including phenoxy) is 1. The largest absolute Gasteiger partial charge is 0.448 e. The molecule has 0 aliphatic carbocycles. The number of para-hydroxylation sites is 1. The Bertz CT molecular complexity index is 1140. The molecule has 2 aromatic heterocycles. The summed E-state index contributed by atoms with van der Waals surface area (Å²) in [5.41, 5.74) is 3.31. The van der Waals surface area contributed by atoms with Crippen LogP contribution in [-0.4, -0.2) is 27.4 Å². The highest BCUT2D eigenvalue weighted by Crippen LogP contribution is 2.27. The van der Waals surface area contributed by atoms with Crippen LogP contribution in [0.3, 0.4) is 0 Å². The first-order valence-corrected chi connectivity index (χ1v) is 9.22. The zero-order valence-corrected chi connectivity index (χ0v) is 15.8. The third kappa shape index (κ3) is 4.01. The predicted molar refractivity (Wildman–Crippen MR) is 111 cm³/mol. The third-order valence-corrected chi connectivity index (χ3v) is 4.50.